The second-order valence-electron chi connectivity index (χ2n) is 6.37. The predicted octanol–water partition coefficient (Wildman–Crippen LogP) is 2.76. The summed E-state index contributed by atoms with van der Waals surface area (Å²) in [6, 6.07) is 7.72. The number of carbonyl (C=O) groups excluding carboxylic acids is 1. The third-order valence-corrected chi connectivity index (χ3v) is 3.38. The van der Waals surface area contributed by atoms with E-state index in [0.717, 1.165) is 5.56 Å². The Labute approximate surface area is 121 Å². The molecule has 112 valence electrons. The third kappa shape index (κ3) is 5.21. The van der Waals surface area contributed by atoms with Gasteiger partial charge in [0.2, 0.25) is 0 Å². The molecule has 0 spiro atoms. The number of hydrogen-bond acceptors (Lipinski definition) is 2. The van der Waals surface area contributed by atoms with Crippen molar-refractivity contribution in [2.45, 2.75) is 46.8 Å². The molecular formula is C16H26N2O2. The van der Waals surface area contributed by atoms with Gasteiger partial charge in [0.05, 0.1) is 12.1 Å². The summed E-state index contributed by atoms with van der Waals surface area (Å²) < 4.78 is 0. The second kappa shape index (κ2) is 6.75. The lowest BCUT2D eigenvalue weighted by atomic mass is 9.89. The molecule has 0 aliphatic carbocycles. The molecule has 0 aliphatic heterocycles. The first-order valence-corrected chi connectivity index (χ1v) is 6.99. The van der Waals surface area contributed by atoms with Gasteiger partial charge in [0.1, 0.15) is 0 Å². The van der Waals surface area contributed by atoms with E-state index in [-0.39, 0.29) is 24.0 Å². The number of benzene rings is 1. The smallest absolute Gasteiger partial charge is 0.315 e. The summed E-state index contributed by atoms with van der Waals surface area (Å²) in [6.07, 6.45) is -0.567. The Morgan fingerprint density at radius 1 is 1.25 bits per heavy atom. The van der Waals surface area contributed by atoms with Crippen LogP contribution in [0.4, 0.5) is 4.79 Å². The number of aliphatic hydroxyl groups excluding tert-OH is 1. The lowest BCUT2D eigenvalue weighted by Crippen LogP contribution is -2.44. The minimum absolute atomic E-state index is 0.0672. The lowest BCUT2D eigenvalue weighted by molar-refractivity contribution is 0.0649. The molecule has 1 rings (SSSR count). The number of nitrogens with one attached hydrogen (secondary N) is 2. The highest BCUT2D eigenvalue weighted by atomic mass is 16.3. The molecule has 4 nitrogen and oxygen atoms in total. The van der Waals surface area contributed by atoms with Crippen LogP contribution in [0.2, 0.25) is 0 Å². The van der Waals surface area contributed by atoms with Crippen LogP contribution >= 0.6 is 0 Å². The van der Waals surface area contributed by atoms with Gasteiger partial charge in [0.25, 0.3) is 0 Å². The molecule has 20 heavy (non-hydrogen) atoms. The topological polar surface area (TPSA) is 61.4 Å². The number of amides is 2. The molecule has 3 N–H and O–H groups in total. The van der Waals surface area contributed by atoms with E-state index in [1.165, 1.54) is 5.56 Å². The summed E-state index contributed by atoms with van der Waals surface area (Å²) in [6.45, 7) is 10.0. The molecule has 0 bridgehead atoms. The summed E-state index contributed by atoms with van der Waals surface area (Å²) in [5.74, 6) is 0. The Kier molecular flexibility index (Phi) is 5.57. The van der Waals surface area contributed by atoms with E-state index >= 15 is 0 Å². The highest BCUT2D eigenvalue weighted by Crippen LogP contribution is 2.18. The molecule has 0 radical (unpaired) electrons. The van der Waals surface area contributed by atoms with E-state index in [0.29, 0.717) is 0 Å². The van der Waals surface area contributed by atoms with Crippen molar-refractivity contribution < 1.29 is 9.90 Å². The molecular weight excluding hydrogens is 252 g/mol. The molecule has 2 amide bonds. The van der Waals surface area contributed by atoms with Crippen molar-refractivity contribution in [1.82, 2.24) is 10.6 Å². The van der Waals surface area contributed by atoms with Crippen LogP contribution in [0.5, 0.6) is 0 Å². The summed E-state index contributed by atoms with van der Waals surface area (Å²) in [7, 11) is 0. The van der Waals surface area contributed by atoms with Gasteiger partial charge >= 0.3 is 6.03 Å². The molecule has 0 saturated heterocycles. The highest BCUT2D eigenvalue weighted by molar-refractivity contribution is 5.74. The van der Waals surface area contributed by atoms with Gasteiger partial charge < -0.3 is 15.7 Å². The van der Waals surface area contributed by atoms with Gasteiger partial charge in [-0.1, -0.05) is 50.6 Å². The lowest BCUT2D eigenvalue weighted by Gasteiger charge is -2.26. The SMILES string of the molecule is Cc1ccc(C(C)NC(=O)NCC(O)C(C)(C)C)cc1. The molecule has 0 saturated carbocycles. The second-order valence-corrected chi connectivity index (χ2v) is 6.37. The molecule has 4 heteroatoms. The van der Waals surface area contributed by atoms with Crippen LogP contribution < -0.4 is 10.6 Å². The maximum atomic E-state index is 11.8. The van der Waals surface area contributed by atoms with Gasteiger partial charge in [-0.3, -0.25) is 0 Å². The molecule has 0 aliphatic rings. The van der Waals surface area contributed by atoms with Crippen molar-refractivity contribution in [2.75, 3.05) is 6.54 Å². The Morgan fingerprint density at radius 3 is 2.30 bits per heavy atom. The van der Waals surface area contributed by atoms with Crippen molar-refractivity contribution in [2.24, 2.45) is 5.41 Å². The Balaban J connectivity index is 2.44. The van der Waals surface area contributed by atoms with Gasteiger partial charge in [0, 0.05) is 6.54 Å². The van der Waals surface area contributed by atoms with Gasteiger partial charge in [-0.05, 0) is 24.8 Å². The molecule has 1 aromatic carbocycles. The maximum absolute atomic E-state index is 11.8. The van der Waals surface area contributed by atoms with Crippen LogP contribution in [0, 0.1) is 12.3 Å². The van der Waals surface area contributed by atoms with Gasteiger partial charge in [-0.15, -0.1) is 0 Å². The van der Waals surface area contributed by atoms with Gasteiger partial charge in [-0.2, -0.15) is 0 Å². The van der Waals surface area contributed by atoms with Crippen molar-refractivity contribution in [3.05, 3.63) is 35.4 Å². The van der Waals surface area contributed by atoms with E-state index in [1.54, 1.807) is 0 Å². The summed E-state index contributed by atoms with van der Waals surface area (Å²) >= 11 is 0. The number of rotatable bonds is 4. The van der Waals surface area contributed by atoms with Crippen LogP contribution in [0.25, 0.3) is 0 Å². The van der Waals surface area contributed by atoms with Crippen molar-refractivity contribution in [1.29, 1.82) is 0 Å². The van der Waals surface area contributed by atoms with Crippen LogP contribution in [0.1, 0.15) is 44.9 Å². The van der Waals surface area contributed by atoms with E-state index in [4.69, 9.17) is 0 Å². The molecule has 0 fully saturated rings. The zero-order chi connectivity index (χ0) is 15.3. The highest BCUT2D eigenvalue weighted by Gasteiger charge is 2.22. The number of carbonyl (C=O) groups is 1. The fraction of sp³-hybridized carbons (Fsp3) is 0.562. The molecule has 2 unspecified atom stereocenters. The predicted molar refractivity (Wildman–Crippen MR) is 81.6 cm³/mol. The molecule has 0 heterocycles. The first kappa shape index (κ1) is 16.5. The zero-order valence-electron chi connectivity index (χ0n) is 13.0. The van der Waals surface area contributed by atoms with Crippen LogP contribution in [-0.2, 0) is 0 Å². The standard InChI is InChI=1S/C16H26N2O2/c1-11-6-8-13(9-7-11)12(2)18-15(20)17-10-14(19)16(3,4)5/h6-9,12,14,19H,10H2,1-5H3,(H2,17,18,20). The van der Waals surface area contributed by atoms with E-state index in [2.05, 4.69) is 10.6 Å². The zero-order valence-corrected chi connectivity index (χ0v) is 13.0. The summed E-state index contributed by atoms with van der Waals surface area (Å²) in [4.78, 5) is 11.8. The third-order valence-electron chi connectivity index (χ3n) is 3.38. The first-order valence-electron chi connectivity index (χ1n) is 6.99. The normalized spacial score (nSPS) is 14.5. The molecule has 2 atom stereocenters. The quantitative estimate of drug-likeness (QED) is 0.793. The average Bonchev–Trinajstić information content (AvgIpc) is 2.35. The number of aryl methyl sites for hydroxylation is 1. The largest absolute Gasteiger partial charge is 0.391 e. The first-order chi connectivity index (χ1) is 9.20. The summed E-state index contributed by atoms with van der Waals surface area (Å²) in [5.41, 5.74) is 2.01. The van der Waals surface area contributed by atoms with E-state index in [1.807, 2.05) is 58.9 Å². The minimum Gasteiger partial charge on any atom is -0.391 e. The fourth-order valence-electron chi connectivity index (χ4n) is 1.68. The van der Waals surface area contributed by atoms with Crippen LogP contribution in [-0.4, -0.2) is 23.8 Å². The maximum Gasteiger partial charge on any atom is 0.315 e. The average molecular weight is 278 g/mol. The Bertz CT molecular complexity index is 435. The molecule has 0 aromatic heterocycles. The molecule has 1 aromatic rings. The van der Waals surface area contributed by atoms with Crippen molar-refractivity contribution in [3.8, 4) is 0 Å². The minimum atomic E-state index is -0.567. The van der Waals surface area contributed by atoms with E-state index < -0.39 is 6.10 Å². The van der Waals surface area contributed by atoms with Crippen LogP contribution in [0.15, 0.2) is 24.3 Å². The number of hydrogen-bond donors (Lipinski definition) is 3. The number of urea groups is 1. The van der Waals surface area contributed by atoms with Gasteiger partial charge in [-0.25, -0.2) is 4.79 Å². The van der Waals surface area contributed by atoms with E-state index in [9.17, 15) is 9.90 Å². The van der Waals surface area contributed by atoms with Crippen LogP contribution in [0.3, 0.4) is 0 Å². The summed E-state index contributed by atoms with van der Waals surface area (Å²) in [5, 5.41) is 15.4. The number of aliphatic hydroxyl groups is 1. The Morgan fingerprint density at radius 2 is 1.80 bits per heavy atom. The van der Waals surface area contributed by atoms with Crippen molar-refractivity contribution in [3.63, 3.8) is 0 Å². The Hall–Kier alpha value is -1.55. The van der Waals surface area contributed by atoms with Gasteiger partial charge in [0.15, 0.2) is 0 Å². The fourth-order valence-corrected chi connectivity index (χ4v) is 1.68. The monoisotopic (exact) mass is 278 g/mol. The van der Waals surface area contributed by atoms with Crippen molar-refractivity contribution >= 4 is 6.03 Å².